The number of nitrogens with zero attached hydrogens (tertiary/aromatic N) is 1. The van der Waals surface area contributed by atoms with Crippen molar-refractivity contribution < 1.29 is 0 Å². The fourth-order valence-electron chi connectivity index (χ4n) is 0.711. The maximum Gasteiger partial charge on any atom is 0.0396 e. The Labute approximate surface area is 64.4 Å². The molecule has 1 rings (SSSR count). The molecule has 0 aliphatic carbocycles. The van der Waals surface area contributed by atoms with E-state index < -0.39 is 0 Å². The van der Waals surface area contributed by atoms with Gasteiger partial charge in [-0.05, 0) is 18.4 Å². The van der Waals surface area contributed by atoms with E-state index in [1.807, 2.05) is 13.0 Å². The Balaban J connectivity index is 2.56. The van der Waals surface area contributed by atoms with Crippen LogP contribution in [0.3, 0.4) is 0 Å². The molecule has 1 aromatic rings. The molecule has 0 saturated heterocycles. The molecule has 0 amide bonds. The van der Waals surface area contributed by atoms with Gasteiger partial charge >= 0.3 is 0 Å². The summed E-state index contributed by atoms with van der Waals surface area (Å²) in [7, 11) is 0. The molecule has 0 saturated carbocycles. The van der Waals surface area contributed by atoms with Gasteiger partial charge in [0, 0.05) is 17.0 Å². The van der Waals surface area contributed by atoms with Gasteiger partial charge < -0.3 is 5.84 Å². The normalized spacial score (nSPS) is 11.9. The van der Waals surface area contributed by atoms with Crippen LogP contribution in [0.15, 0.2) is 22.6 Å². The molecule has 1 heterocycles. The van der Waals surface area contributed by atoms with Gasteiger partial charge in [-0.3, -0.25) is 0 Å². The van der Waals surface area contributed by atoms with Crippen molar-refractivity contribution in [1.82, 2.24) is 0 Å². The van der Waals surface area contributed by atoms with Crippen LogP contribution in [0.4, 0.5) is 0 Å². The highest BCUT2D eigenvalue weighted by Gasteiger charge is 1.94. The lowest BCUT2D eigenvalue weighted by Gasteiger charge is -1.92. The predicted molar refractivity (Wildman–Crippen MR) is 45.3 cm³/mol. The van der Waals surface area contributed by atoms with E-state index in [4.69, 9.17) is 5.84 Å². The van der Waals surface area contributed by atoms with Crippen molar-refractivity contribution in [1.29, 1.82) is 0 Å². The van der Waals surface area contributed by atoms with Gasteiger partial charge in [-0.25, -0.2) is 0 Å². The molecule has 10 heavy (non-hydrogen) atoms. The summed E-state index contributed by atoms with van der Waals surface area (Å²) in [5, 5.41) is 5.64. The molecule has 2 nitrogen and oxygen atoms in total. The summed E-state index contributed by atoms with van der Waals surface area (Å²) in [5.41, 5.74) is 0.974. The Morgan fingerprint density at radius 1 is 1.80 bits per heavy atom. The van der Waals surface area contributed by atoms with Crippen molar-refractivity contribution in [3.05, 3.63) is 22.4 Å². The van der Waals surface area contributed by atoms with Crippen LogP contribution >= 0.6 is 11.3 Å². The standard InChI is InChI=1S/C7H10N2S/c1-6(9-8)5-7-3-2-4-10-7/h2-4H,5,8H2,1H3/b9-6-. The summed E-state index contributed by atoms with van der Waals surface area (Å²) in [6.45, 7) is 1.93. The molecule has 0 aliphatic heterocycles. The molecule has 0 atom stereocenters. The molecule has 0 bridgehead atoms. The summed E-state index contributed by atoms with van der Waals surface area (Å²) in [6.07, 6.45) is 0.883. The second kappa shape index (κ2) is 3.37. The Morgan fingerprint density at radius 2 is 2.60 bits per heavy atom. The van der Waals surface area contributed by atoms with Crippen molar-refractivity contribution in [2.24, 2.45) is 10.9 Å². The van der Waals surface area contributed by atoms with E-state index in [-0.39, 0.29) is 0 Å². The average Bonchev–Trinajstić information content (AvgIpc) is 2.40. The Kier molecular flexibility index (Phi) is 2.45. The van der Waals surface area contributed by atoms with Gasteiger partial charge in [-0.2, -0.15) is 5.10 Å². The Bertz CT molecular complexity index is 214. The second-order valence-electron chi connectivity index (χ2n) is 2.12. The van der Waals surface area contributed by atoms with E-state index in [9.17, 15) is 0 Å². The molecule has 3 heteroatoms. The maximum absolute atomic E-state index is 5.08. The van der Waals surface area contributed by atoms with Gasteiger partial charge in [0.1, 0.15) is 0 Å². The summed E-state index contributed by atoms with van der Waals surface area (Å²) in [5.74, 6) is 5.08. The Hall–Kier alpha value is -0.830. The van der Waals surface area contributed by atoms with E-state index in [2.05, 4.69) is 16.5 Å². The minimum absolute atomic E-state index is 0.883. The van der Waals surface area contributed by atoms with Crippen LogP contribution in [-0.4, -0.2) is 5.71 Å². The predicted octanol–water partition coefficient (Wildman–Crippen LogP) is 1.63. The minimum atomic E-state index is 0.883. The summed E-state index contributed by atoms with van der Waals surface area (Å²) in [6, 6.07) is 4.11. The second-order valence-corrected chi connectivity index (χ2v) is 3.15. The third-order valence-electron chi connectivity index (χ3n) is 1.23. The molecule has 0 spiro atoms. The highest BCUT2D eigenvalue weighted by Crippen LogP contribution is 2.09. The molecule has 0 aliphatic rings. The number of nitrogens with two attached hydrogens (primary N) is 1. The number of hydrogen-bond acceptors (Lipinski definition) is 3. The third-order valence-corrected chi connectivity index (χ3v) is 2.11. The number of thiophene rings is 1. The third kappa shape index (κ3) is 1.84. The van der Waals surface area contributed by atoms with Crippen LogP contribution in [0.2, 0.25) is 0 Å². The first-order chi connectivity index (χ1) is 4.83. The quantitative estimate of drug-likeness (QED) is 0.392. The first-order valence-electron chi connectivity index (χ1n) is 3.08. The van der Waals surface area contributed by atoms with E-state index in [1.54, 1.807) is 11.3 Å². The monoisotopic (exact) mass is 154 g/mol. The summed E-state index contributed by atoms with van der Waals surface area (Å²) in [4.78, 5) is 1.31. The van der Waals surface area contributed by atoms with Crippen molar-refractivity contribution in [3.8, 4) is 0 Å². The molecule has 0 fully saturated rings. The van der Waals surface area contributed by atoms with Crippen LogP contribution in [0.1, 0.15) is 11.8 Å². The lowest BCUT2D eigenvalue weighted by Crippen LogP contribution is -1.98. The van der Waals surface area contributed by atoms with E-state index in [0.29, 0.717) is 0 Å². The van der Waals surface area contributed by atoms with E-state index in [0.717, 1.165) is 12.1 Å². The van der Waals surface area contributed by atoms with Gasteiger partial charge in [0.05, 0.1) is 0 Å². The first kappa shape index (κ1) is 7.28. The van der Waals surface area contributed by atoms with Crippen LogP contribution in [0, 0.1) is 0 Å². The number of hydrazone groups is 1. The van der Waals surface area contributed by atoms with Crippen molar-refractivity contribution in [2.45, 2.75) is 13.3 Å². The van der Waals surface area contributed by atoms with E-state index >= 15 is 0 Å². The molecule has 2 N–H and O–H groups in total. The first-order valence-corrected chi connectivity index (χ1v) is 3.96. The molecule has 0 radical (unpaired) electrons. The van der Waals surface area contributed by atoms with Crippen molar-refractivity contribution in [3.63, 3.8) is 0 Å². The summed E-state index contributed by atoms with van der Waals surface area (Å²) >= 11 is 1.73. The Morgan fingerprint density at radius 3 is 3.10 bits per heavy atom. The number of rotatable bonds is 2. The zero-order valence-electron chi connectivity index (χ0n) is 5.87. The molecular weight excluding hydrogens is 144 g/mol. The smallest absolute Gasteiger partial charge is 0.0396 e. The SMILES string of the molecule is C/C(Cc1cccs1)=N/N. The lowest BCUT2D eigenvalue weighted by molar-refractivity contribution is 1.20. The zero-order valence-corrected chi connectivity index (χ0v) is 6.69. The van der Waals surface area contributed by atoms with Gasteiger partial charge in [-0.15, -0.1) is 11.3 Å². The van der Waals surface area contributed by atoms with Gasteiger partial charge in [-0.1, -0.05) is 6.07 Å². The minimum Gasteiger partial charge on any atom is -0.323 e. The topological polar surface area (TPSA) is 38.4 Å². The maximum atomic E-state index is 5.08. The van der Waals surface area contributed by atoms with Gasteiger partial charge in [0.2, 0.25) is 0 Å². The fourth-order valence-corrected chi connectivity index (χ4v) is 1.49. The molecule has 1 aromatic heterocycles. The average molecular weight is 154 g/mol. The van der Waals surface area contributed by atoms with Gasteiger partial charge in [0.15, 0.2) is 0 Å². The molecule has 0 aromatic carbocycles. The highest BCUT2D eigenvalue weighted by molar-refractivity contribution is 7.10. The van der Waals surface area contributed by atoms with Gasteiger partial charge in [0.25, 0.3) is 0 Å². The van der Waals surface area contributed by atoms with Crippen LogP contribution in [0.5, 0.6) is 0 Å². The largest absolute Gasteiger partial charge is 0.323 e. The summed E-state index contributed by atoms with van der Waals surface area (Å²) < 4.78 is 0. The van der Waals surface area contributed by atoms with Crippen LogP contribution in [0.25, 0.3) is 0 Å². The molecule has 54 valence electrons. The van der Waals surface area contributed by atoms with E-state index in [1.165, 1.54) is 4.88 Å². The molecular formula is C7H10N2S. The van der Waals surface area contributed by atoms with Crippen molar-refractivity contribution in [2.75, 3.05) is 0 Å². The molecule has 0 unspecified atom stereocenters. The highest BCUT2D eigenvalue weighted by atomic mass is 32.1. The fraction of sp³-hybridized carbons (Fsp3) is 0.286. The van der Waals surface area contributed by atoms with Crippen LogP contribution < -0.4 is 5.84 Å². The van der Waals surface area contributed by atoms with Crippen LogP contribution in [-0.2, 0) is 6.42 Å². The lowest BCUT2D eigenvalue weighted by atomic mass is 10.2. The zero-order chi connectivity index (χ0) is 7.40. The number of hydrogen-bond donors (Lipinski definition) is 1. The van der Waals surface area contributed by atoms with Crippen molar-refractivity contribution >= 4 is 17.0 Å².